The van der Waals surface area contributed by atoms with Crippen molar-refractivity contribution in [2.45, 2.75) is 6.92 Å². The Morgan fingerprint density at radius 1 is 0.893 bits per heavy atom. The summed E-state index contributed by atoms with van der Waals surface area (Å²) in [7, 11) is 1.32. The molecule has 1 heterocycles. The van der Waals surface area contributed by atoms with Crippen molar-refractivity contribution in [2.75, 3.05) is 17.7 Å². The van der Waals surface area contributed by atoms with Gasteiger partial charge in [0.2, 0.25) is 0 Å². The highest BCUT2D eigenvalue weighted by atomic mass is 32.1. The molecular formula is C21H18N2O4S. The van der Waals surface area contributed by atoms with Gasteiger partial charge in [-0.15, -0.1) is 11.3 Å². The van der Waals surface area contributed by atoms with Crippen LogP contribution >= 0.6 is 11.3 Å². The van der Waals surface area contributed by atoms with E-state index in [-0.39, 0.29) is 11.8 Å². The SMILES string of the molecule is COC(=O)c1ccc(NC(=O)c2ccc(NC(=O)c3cccs3)cc2)c(C)c1. The third-order valence-corrected chi connectivity index (χ3v) is 4.91. The first-order valence-electron chi connectivity index (χ1n) is 8.43. The molecule has 1 aromatic heterocycles. The molecule has 0 saturated carbocycles. The maximum Gasteiger partial charge on any atom is 0.337 e. The molecule has 0 aliphatic carbocycles. The lowest BCUT2D eigenvalue weighted by molar-refractivity contribution is 0.0600. The molecule has 142 valence electrons. The first kappa shape index (κ1) is 19.3. The zero-order chi connectivity index (χ0) is 20.1. The van der Waals surface area contributed by atoms with E-state index < -0.39 is 5.97 Å². The lowest BCUT2D eigenvalue weighted by atomic mass is 10.1. The molecule has 0 spiro atoms. The summed E-state index contributed by atoms with van der Waals surface area (Å²) in [4.78, 5) is 36.7. The van der Waals surface area contributed by atoms with Crippen LogP contribution in [0.3, 0.4) is 0 Å². The number of hydrogen-bond donors (Lipinski definition) is 2. The Morgan fingerprint density at radius 2 is 1.61 bits per heavy atom. The summed E-state index contributed by atoms with van der Waals surface area (Å²) in [6.07, 6.45) is 0. The molecule has 3 aromatic rings. The van der Waals surface area contributed by atoms with Crippen molar-refractivity contribution in [2.24, 2.45) is 0 Å². The van der Waals surface area contributed by atoms with Crippen LogP contribution in [-0.4, -0.2) is 24.9 Å². The number of benzene rings is 2. The topological polar surface area (TPSA) is 84.5 Å². The van der Waals surface area contributed by atoms with E-state index >= 15 is 0 Å². The first-order valence-corrected chi connectivity index (χ1v) is 9.31. The van der Waals surface area contributed by atoms with Crippen molar-refractivity contribution in [3.05, 3.63) is 81.5 Å². The number of thiophene rings is 1. The Labute approximate surface area is 166 Å². The monoisotopic (exact) mass is 394 g/mol. The molecule has 28 heavy (non-hydrogen) atoms. The number of anilines is 2. The summed E-state index contributed by atoms with van der Waals surface area (Å²) in [6, 6.07) is 15.1. The van der Waals surface area contributed by atoms with E-state index in [1.807, 2.05) is 11.4 Å². The lowest BCUT2D eigenvalue weighted by Crippen LogP contribution is -2.14. The molecule has 2 amide bonds. The van der Waals surface area contributed by atoms with E-state index in [0.717, 1.165) is 5.56 Å². The van der Waals surface area contributed by atoms with Crippen LogP contribution in [0.4, 0.5) is 11.4 Å². The van der Waals surface area contributed by atoms with E-state index in [4.69, 9.17) is 0 Å². The van der Waals surface area contributed by atoms with Gasteiger partial charge in [0.05, 0.1) is 17.6 Å². The average Bonchev–Trinajstić information content (AvgIpc) is 3.24. The number of hydrogen-bond acceptors (Lipinski definition) is 5. The smallest absolute Gasteiger partial charge is 0.337 e. The molecular weight excluding hydrogens is 376 g/mol. The highest BCUT2D eigenvalue weighted by Crippen LogP contribution is 2.19. The van der Waals surface area contributed by atoms with E-state index in [2.05, 4.69) is 15.4 Å². The normalized spacial score (nSPS) is 10.2. The summed E-state index contributed by atoms with van der Waals surface area (Å²) in [6.45, 7) is 1.80. The van der Waals surface area contributed by atoms with Crippen LogP contribution in [-0.2, 0) is 4.74 Å². The molecule has 0 aliphatic heterocycles. The molecule has 7 heteroatoms. The van der Waals surface area contributed by atoms with Gasteiger partial charge in [0.15, 0.2) is 0 Å². The van der Waals surface area contributed by atoms with Gasteiger partial charge in [-0.3, -0.25) is 9.59 Å². The van der Waals surface area contributed by atoms with Gasteiger partial charge < -0.3 is 15.4 Å². The van der Waals surface area contributed by atoms with Crippen molar-refractivity contribution in [1.82, 2.24) is 0 Å². The molecule has 0 fully saturated rings. The Bertz CT molecular complexity index is 1010. The molecule has 0 aliphatic rings. The molecule has 0 radical (unpaired) electrons. The standard InChI is InChI=1S/C21H18N2O4S/c1-13-12-15(21(26)27-2)7-10-17(13)23-19(24)14-5-8-16(9-6-14)22-20(25)18-4-3-11-28-18/h3-12H,1-2H3,(H,22,25)(H,23,24). The average molecular weight is 394 g/mol. The van der Waals surface area contributed by atoms with E-state index in [1.54, 1.807) is 55.5 Å². The Morgan fingerprint density at radius 3 is 2.21 bits per heavy atom. The van der Waals surface area contributed by atoms with Crippen LogP contribution in [0.15, 0.2) is 60.0 Å². The number of rotatable bonds is 5. The maximum absolute atomic E-state index is 12.5. The zero-order valence-corrected chi connectivity index (χ0v) is 16.1. The minimum atomic E-state index is -0.429. The summed E-state index contributed by atoms with van der Waals surface area (Å²) in [5, 5.41) is 7.44. The number of methoxy groups -OCH3 is 1. The van der Waals surface area contributed by atoms with Gasteiger partial charge in [-0.25, -0.2) is 4.79 Å². The van der Waals surface area contributed by atoms with Crippen LogP contribution in [0.2, 0.25) is 0 Å². The Kier molecular flexibility index (Phi) is 5.86. The third-order valence-electron chi connectivity index (χ3n) is 4.05. The van der Waals surface area contributed by atoms with Gasteiger partial charge in [-0.2, -0.15) is 0 Å². The fraction of sp³-hybridized carbons (Fsp3) is 0.0952. The highest BCUT2D eigenvalue weighted by Gasteiger charge is 2.12. The van der Waals surface area contributed by atoms with Crippen LogP contribution in [0.25, 0.3) is 0 Å². The number of ether oxygens (including phenoxy) is 1. The summed E-state index contributed by atoms with van der Waals surface area (Å²) in [5.41, 5.74) is 2.83. The van der Waals surface area contributed by atoms with Gasteiger partial charge in [-0.1, -0.05) is 6.07 Å². The second-order valence-corrected chi connectivity index (χ2v) is 6.93. The number of aryl methyl sites for hydroxylation is 1. The van der Waals surface area contributed by atoms with E-state index in [1.165, 1.54) is 18.4 Å². The molecule has 0 atom stereocenters. The number of nitrogens with one attached hydrogen (secondary N) is 2. The van der Waals surface area contributed by atoms with Crippen molar-refractivity contribution in [1.29, 1.82) is 0 Å². The highest BCUT2D eigenvalue weighted by molar-refractivity contribution is 7.12. The Balaban J connectivity index is 1.66. The minimum absolute atomic E-state index is 0.187. The second-order valence-electron chi connectivity index (χ2n) is 5.98. The fourth-order valence-electron chi connectivity index (χ4n) is 2.55. The summed E-state index contributed by atoms with van der Waals surface area (Å²) in [5.74, 6) is -0.903. The third kappa shape index (κ3) is 4.44. The van der Waals surface area contributed by atoms with Crippen molar-refractivity contribution < 1.29 is 19.1 Å². The van der Waals surface area contributed by atoms with Gasteiger partial charge in [-0.05, 0) is 66.4 Å². The van der Waals surface area contributed by atoms with Gasteiger partial charge in [0, 0.05) is 16.9 Å². The maximum atomic E-state index is 12.5. The van der Waals surface area contributed by atoms with E-state index in [9.17, 15) is 14.4 Å². The predicted octanol–water partition coefficient (Wildman–Crippen LogP) is 4.35. The van der Waals surface area contributed by atoms with Crippen LogP contribution in [0.5, 0.6) is 0 Å². The summed E-state index contributed by atoms with van der Waals surface area (Å²) < 4.78 is 4.69. The molecule has 3 rings (SSSR count). The second kappa shape index (κ2) is 8.49. The van der Waals surface area contributed by atoms with Gasteiger partial charge in [0.1, 0.15) is 0 Å². The minimum Gasteiger partial charge on any atom is -0.465 e. The van der Waals surface area contributed by atoms with E-state index in [0.29, 0.717) is 27.4 Å². The fourth-order valence-corrected chi connectivity index (χ4v) is 3.17. The van der Waals surface area contributed by atoms with Gasteiger partial charge in [0.25, 0.3) is 11.8 Å². The predicted molar refractivity (Wildman–Crippen MR) is 109 cm³/mol. The van der Waals surface area contributed by atoms with Crippen molar-refractivity contribution >= 4 is 40.5 Å². The summed E-state index contributed by atoms with van der Waals surface area (Å²) >= 11 is 1.36. The zero-order valence-electron chi connectivity index (χ0n) is 15.3. The molecule has 0 saturated heterocycles. The van der Waals surface area contributed by atoms with Crippen LogP contribution in [0.1, 0.15) is 36.0 Å². The van der Waals surface area contributed by atoms with Crippen molar-refractivity contribution in [3.63, 3.8) is 0 Å². The number of amides is 2. The lowest BCUT2D eigenvalue weighted by Gasteiger charge is -2.10. The molecule has 2 aromatic carbocycles. The van der Waals surface area contributed by atoms with Crippen LogP contribution in [0, 0.1) is 6.92 Å². The largest absolute Gasteiger partial charge is 0.465 e. The molecule has 2 N–H and O–H groups in total. The number of esters is 1. The van der Waals surface area contributed by atoms with Crippen molar-refractivity contribution in [3.8, 4) is 0 Å². The van der Waals surface area contributed by atoms with Crippen LogP contribution < -0.4 is 10.6 Å². The quantitative estimate of drug-likeness (QED) is 0.630. The van der Waals surface area contributed by atoms with Gasteiger partial charge >= 0.3 is 5.97 Å². The molecule has 0 bridgehead atoms. The Hall–Kier alpha value is -3.45. The molecule has 6 nitrogen and oxygen atoms in total. The first-order chi connectivity index (χ1) is 13.5. The number of carbonyl (C=O) groups is 3. The molecule has 0 unspecified atom stereocenters. The number of carbonyl (C=O) groups excluding carboxylic acids is 3.